The quantitative estimate of drug-likeness (QED) is 0.684. The predicted octanol–water partition coefficient (Wildman–Crippen LogP) is 3.04. The van der Waals surface area contributed by atoms with Gasteiger partial charge in [0.25, 0.3) is 11.8 Å². The molecule has 2 heterocycles. The third-order valence-corrected chi connectivity index (χ3v) is 5.15. The van der Waals surface area contributed by atoms with E-state index in [1.165, 1.54) is 12.1 Å². The van der Waals surface area contributed by atoms with E-state index >= 15 is 0 Å². The van der Waals surface area contributed by atoms with Gasteiger partial charge in [-0.15, -0.1) is 0 Å². The minimum absolute atomic E-state index is 0.173. The summed E-state index contributed by atoms with van der Waals surface area (Å²) in [4.78, 5) is 27.2. The van der Waals surface area contributed by atoms with Gasteiger partial charge in [-0.3, -0.25) is 14.3 Å². The van der Waals surface area contributed by atoms with Crippen LogP contribution in [0.2, 0.25) is 0 Å². The van der Waals surface area contributed by atoms with Crippen LogP contribution in [0.15, 0.2) is 60.7 Å². The van der Waals surface area contributed by atoms with Crippen LogP contribution in [0.3, 0.4) is 0 Å². The number of amides is 2. The number of aromatic nitrogens is 2. The highest BCUT2D eigenvalue weighted by Crippen LogP contribution is 2.17. The lowest BCUT2D eigenvalue weighted by Crippen LogP contribution is -2.30. The Morgan fingerprint density at radius 2 is 1.80 bits per heavy atom. The lowest BCUT2D eigenvalue weighted by molar-refractivity contribution is 0.0745. The second-order valence-corrected chi connectivity index (χ2v) is 7.34. The molecule has 0 atom stereocenters. The zero-order valence-corrected chi connectivity index (χ0v) is 16.6. The largest absolute Gasteiger partial charge is 0.350 e. The number of carbonyl (C=O) groups is 2. The zero-order valence-electron chi connectivity index (χ0n) is 16.6. The monoisotopic (exact) mass is 406 g/mol. The molecule has 1 aromatic heterocycles. The Bertz CT molecular complexity index is 1030. The van der Waals surface area contributed by atoms with Crippen LogP contribution in [0.5, 0.6) is 0 Å². The minimum atomic E-state index is -0.304. The van der Waals surface area contributed by atoms with Crippen molar-refractivity contribution in [3.8, 4) is 0 Å². The summed E-state index contributed by atoms with van der Waals surface area (Å²) >= 11 is 0. The molecule has 1 aliphatic heterocycles. The molecule has 154 valence electrons. The molecule has 0 saturated carbocycles. The molecule has 6 nitrogen and oxygen atoms in total. The van der Waals surface area contributed by atoms with Gasteiger partial charge in [-0.25, -0.2) is 4.39 Å². The first kappa shape index (κ1) is 19.8. The highest BCUT2D eigenvalue weighted by Gasteiger charge is 2.26. The molecule has 30 heavy (non-hydrogen) atoms. The molecule has 4 rings (SSSR count). The molecule has 2 aromatic carbocycles. The smallest absolute Gasteiger partial charge is 0.272 e. The van der Waals surface area contributed by atoms with Crippen molar-refractivity contribution in [3.05, 3.63) is 89.0 Å². The van der Waals surface area contributed by atoms with E-state index in [-0.39, 0.29) is 23.3 Å². The summed E-state index contributed by atoms with van der Waals surface area (Å²) in [5.41, 5.74) is 2.65. The molecule has 1 aliphatic rings. The number of aryl methyl sites for hydroxylation is 1. The normalized spacial score (nSPS) is 13.6. The minimum Gasteiger partial charge on any atom is -0.350 e. The first-order valence-corrected chi connectivity index (χ1v) is 10.0. The van der Waals surface area contributed by atoms with Gasteiger partial charge in [0.15, 0.2) is 5.69 Å². The van der Waals surface area contributed by atoms with E-state index in [2.05, 4.69) is 10.4 Å². The number of nitrogens with one attached hydrogen (secondary N) is 1. The zero-order chi connectivity index (χ0) is 20.9. The van der Waals surface area contributed by atoms with Gasteiger partial charge in [-0.1, -0.05) is 42.5 Å². The van der Waals surface area contributed by atoms with Crippen molar-refractivity contribution in [1.82, 2.24) is 20.0 Å². The molecule has 0 fully saturated rings. The molecular formula is C23H23FN4O2. The predicted molar refractivity (Wildman–Crippen MR) is 110 cm³/mol. The lowest BCUT2D eigenvalue weighted by Gasteiger charge is -2.20. The summed E-state index contributed by atoms with van der Waals surface area (Å²) in [5, 5.41) is 7.22. The van der Waals surface area contributed by atoms with Crippen molar-refractivity contribution in [2.75, 3.05) is 13.1 Å². The maximum Gasteiger partial charge on any atom is 0.272 e. The molecule has 2 amide bonds. The summed E-state index contributed by atoms with van der Waals surface area (Å²) in [5.74, 6) is -0.765. The second kappa shape index (κ2) is 8.90. The first-order valence-electron chi connectivity index (χ1n) is 10.0. The van der Waals surface area contributed by atoms with Gasteiger partial charge < -0.3 is 10.2 Å². The molecule has 0 radical (unpaired) electrons. The van der Waals surface area contributed by atoms with Crippen molar-refractivity contribution in [1.29, 1.82) is 0 Å². The van der Waals surface area contributed by atoms with Crippen LogP contribution in [-0.2, 0) is 19.5 Å². The first-order chi connectivity index (χ1) is 14.6. The number of benzene rings is 2. The summed E-state index contributed by atoms with van der Waals surface area (Å²) in [7, 11) is 0. The number of hydrogen-bond acceptors (Lipinski definition) is 3. The molecule has 0 bridgehead atoms. The fraction of sp³-hybridized carbons (Fsp3) is 0.261. The molecule has 7 heteroatoms. The number of rotatable bonds is 6. The van der Waals surface area contributed by atoms with E-state index in [9.17, 15) is 14.0 Å². The van der Waals surface area contributed by atoms with E-state index in [1.807, 2.05) is 30.3 Å². The fourth-order valence-electron chi connectivity index (χ4n) is 3.56. The second-order valence-electron chi connectivity index (χ2n) is 7.34. The fourth-order valence-corrected chi connectivity index (χ4v) is 3.56. The molecule has 0 spiro atoms. The van der Waals surface area contributed by atoms with Crippen molar-refractivity contribution in [3.63, 3.8) is 0 Å². The Kier molecular flexibility index (Phi) is 5.88. The summed E-state index contributed by atoms with van der Waals surface area (Å²) in [6, 6.07) is 17.6. The van der Waals surface area contributed by atoms with E-state index < -0.39 is 0 Å². The third-order valence-electron chi connectivity index (χ3n) is 5.15. The van der Waals surface area contributed by atoms with E-state index in [4.69, 9.17) is 0 Å². The molecular weight excluding hydrogens is 383 g/mol. The van der Waals surface area contributed by atoms with Gasteiger partial charge in [0.1, 0.15) is 11.5 Å². The van der Waals surface area contributed by atoms with Gasteiger partial charge in [-0.2, -0.15) is 5.10 Å². The summed E-state index contributed by atoms with van der Waals surface area (Å²) in [6.07, 6.45) is 1.46. The highest BCUT2D eigenvalue weighted by atomic mass is 19.1. The van der Waals surface area contributed by atoms with Gasteiger partial charge in [-0.05, 0) is 36.1 Å². The number of fused-ring (bicyclic) bond motifs is 1. The average Bonchev–Trinajstić information content (AvgIpc) is 3.13. The maximum absolute atomic E-state index is 13.1. The molecule has 1 N–H and O–H groups in total. The molecule has 0 saturated heterocycles. The van der Waals surface area contributed by atoms with Crippen molar-refractivity contribution in [2.45, 2.75) is 25.9 Å². The van der Waals surface area contributed by atoms with Crippen molar-refractivity contribution < 1.29 is 14.0 Å². The van der Waals surface area contributed by atoms with E-state index in [0.29, 0.717) is 31.9 Å². The molecule has 0 aliphatic carbocycles. The SMILES string of the molecule is O=C(NCCc1ccccc1)c1cc2n(n1)CCCN(Cc1ccc(F)cc1)C2=O. The maximum atomic E-state index is 13.1. The number of carbonyl (C=O) groups excluding carboxylic acids is 2. The number of nitrogens with zero attached hydrogens (tertiary/aromatic N) is 3. The third kappa shape index (κ3) is 4.56. The average molecular weight is 406 g/mol. The molecule has 3 aromatic rings. The van der Waals surface area contributed by atoms with Crippen molar-refractivity contribution >= 4 is 11.8 Å². The highest BCUT2D eigenvalue weighted by molar-refractivity contribution is 5.98. The topological polar surface area (TPSA) is 67.2 Å². The Labute approximate surface area is 174 Å². The van der Waals surface area contributed by atoms with E-state index in [1.54, 1.807) is 27.8 Å². The van der Waals surface area contributed by atoms with Gasteiger partial charge in [0.05, 0.1) is 0 Å². The Morgan fingerprint density at radius 3 is 2.57 bits per heavy atom. The van der Waals surface area contributed by atoms with Crippen LogP contribution in [0.1, 0.15) is 38.5 Å². The van der Waals surface area contributed by atoms with Crippen LogP contribution >= 0.6 is 0 Å². The van der Waals surface area contributed by atoms with Crippen LogP contribution in [0.4, 0.5) is 4.39 Å². The Hall–Kier alpha value is -3.48. The van der Waals surface area contributed by atoms with Gasteiger partial charge >= 0.3 is 0 Å². The van der Waals surface area contributed by atoms with Crippen LogP contribution in [0.25, 0.3) is 0 Å². The molecule has 0 unspecified atom stereocenters. The van der Waals surface area contributed by atoms with Gasteiger partial charge in [0, 0.05) is 32.2 Å². The van der Waals surface area contributed by atoms with Gasteiger partial charge in [0.2, 0.25) is 0 Å². The summed E-state index contributed by atoms with van der Waals surface area (Å²) < 4.78 is 14.7. The number of halogens is 1. The van der Waals surface area contributed by atoms with Crippen LogP contribution in [-0.4, -0.2) is 39.6 Å². The Balaban J connectivity index is 1.41. The van der Waals surface area contributed by atoms with Crippen LogP contribution < -0.4 is 5.32 Å². The van der Waals surface area contributed by atoms with Crippen LogP contribution in [0, 0.1) is 5.82 Å². The summed E-state index contributed by atoms with van der Waals surface area (Å²) in [6.45, 7) is 2.04. The van der Waals surface area contributed by atoms with Crippen molar-refractivity contribution in [2.24, 2.45) is 0 Å². The number of hydrogen-bond donors (Lipinski definition) is 1. The standard InChI is InChI=1S/C23H23FN4O2/c24-19-9-7-18(8-10-19)16-27-13-4-14-28-21(23(27)30)15-20(26-28)22(29)25-12-11-17-5-2-1-3-6-17/h1-3,5-10,15H,4,11-14,16H2,(H,25,29). The lowest BCUT2D eigenvalue weighted by atomic mass is 10.1. The Morgan fingerprint density at radius 1 is 1.03 bits per heavy atom. The van der Waals surface area contributed by atoms with E-state index in [0.717, 1.165) is 24.0 Å².